The minimum absolute atomic E-state index is 0.0413. The van der Waals surface area contributed by atoms with Gasteiger partial charge in [0.2, 0.25) is 0 Å². The molecule has 0 radical (unpaired) electrons. The lowest BCUT2D eigenvalue weighted by Crippen LogP contribution is -2.51. The fraction of sp³-hybridized carbons (Fsp3) is 0.833. The Kier molecular flexibility index (Phi) is 5.27. The molecule has 0 saturated carbocycles. The normalized spacial score (nSPS) is 32.7. The highest BCUT2D eigenvalue weighted by atomic mass is 16.2. The average molecular weight is 378 g/mol. The maximum atomic E-state index is 12.6. The SMILES string of the molecule is O=C1NC[C@@H]2CCCN2C(=O)NC[C@@H]2CCCN2C(=O)NCC2CCCN12. The summed E-state index contributed by atoms with van der Waals surface area (Å²) in [5, 5.41) is 9.03. The third-order valence-electron chi connectivity index (χ3n) is 6.38. The van der Waals surface area contributed by atoms with Crippen LogP contribution in [0.5, 0.6) is 0 Å². The van der Waals surface area contributed by atoms with E-state index >= 15 is 0 Å². The molecule has 0 aromatic heterocycles. The lowest BCUT2D eigenvalue weighted by molar-refractivity contribution is 0.179. The second kappa shape index (κ2) is 7.82. The first kappa shape index (κ1) is 18.2. The summed E-state index contributed by atoms with van der Waals surface area (Å²) < 4.78 is 0. The first-order chi connectivity index (χ1) is 13.1. The average Bonchev–Trinajstić information content (AvgIpc) is 3.41. The van der Waals surface area contributed by atoms with Crippen LogP contribution in [0, 0.1) is 0 Å². The molecular weight excluding hydrogens is 348 g/mol. The Morgan fingerprint density at radius 3 is 1.15 bits per heavy atom. The minimum atomic E-state index is -0.0899. The molecule has 3 atom stereocenters. The zero-order chi connectivity index (χ0) is 18.8. The molecule has 1 unspecified atom stereocenters. The van der Waals surface area contributed by atoms with Crippen molar-refractivity contribution in [3.8, 4) is 0 Å². The summed E-state index contributed by atoms with van der Waals surface area (Å²) in [6.07, 6.45) is 5.60. The van der Waals surface area contributed by atoms with Crippen LogP contribution < -0.4 is 16.0 Å². The van der Waals surface area contributed by atoms with E-state index in [0.29, 0.717) is 39.3 Å². The monoisotopic (exact) mass is 378 g/mol. The molecule has 0 bridgehead atoms. The predicted octanol–water partition coefficient (Wildman–Crippen LogP) is 0.522. The Morgan fingerprint density at radius 1 is 0.556 bits per heavy atom. The smallest absolute Gasteiger partial charge is 0.317 e. The second-order valence-corrected chi connectivity index (χ2v) is 8.03. The molecule has 150 valence electrons. The van der Waals surface area contributed by atoms with Crippen molar-refractivity contribution in [2.75, 3.05) is 39.3 Å². The van der Waals surface area contributed by atoms with Gasteiger partial charge >= 0.3 is 18.1 Å². The van der Waals surface area contributed by atoms with Gasteiger partial charge in [-0.3, -0.25) is 0 Å². The van der Waals surface area contributed by atoms with Crippen LogP contribution in [0.1, 0.15) is 38.5 Å². The van der Waals surface area contributed by atoms with Crippen molar-refractivity contribution < 1.29 is 14.4 Å². The summed E-state index contributed by atoms with van der Waals surface area (Å²) >= 11 is 0. The fourth-order valence-electron chi connectivity index (χ4n) is 4.87. The van der Waals surface area contributed by atoms with Crippen LogP contribution in [-0.2, 0) is 0 Å². The maximum Gasteiger partial charge on any atom is 0.317 e. The largest absolute Gasteiger partial charge is 0.336 e. The molecule has 4 saturated heterocycles. The van der Waals surface area contributed by atoms with Crippen LogP contribution in [-0.4, -0.2) is 90.2 Å². The minimum Gasteiger partial charge on any atom is -0.336 e. The number of carbonyl (C=O) groups is 3. The first-order valence-electron chi connectivity index (χ1n) is 10.3. The molecule has 0 aliphatic carbocycles. The van der Waals surface area contributed by atoms with Gasteiger partial charge in [0.1, 0.15) is 0 Å². The number of urea groups is 3. The molecule has 4 fully saturated rings. The van der Waals surface area contributed by atoms with E-state index in [1.165, 1.54) is 0 Å². The Hall–Kier alpha value is -2.19. The standard InChI is InChI=1S/C18H30N6O3/c25-16-20-11-14-5-2-9-24(14)18(27)21-12-15-6-3-8-23(15)17(26)19-10-13-4-1-7-22(13)16/h13-15H,1-12H2,(H,19,26)(H,20,25)(H,21,27)/t13-,14-,15?/m0/s1. The molecule has 0 spiro atoms. The maximum absolute atomic E-state index is 12.6. The number of hydrogen-bond donors (Lipinski definition) is 3. The number of rotatable bonds is 0. The van der Waals surface area contributed by atoms with Crippen molar-refractivity contribution in [3.05, 3.63) is 0 Å². The number of amides is 6. The van der Waals surface area contributed by atoms with Crippen molar-refractivity contribution in [2.24, 2.45) is 0 Å². The number of nitrogens with zero attached hydrogens (tertiary/aromatic N) is 3. The van der Waals surface area contributed by atoms with E-state index in [1.54, 1.807) is 0 Å². The van der Waals surface area contributed by atoms with Gasteiger partial charge < -0.3 is 30.7 Å². The quantitative estimate of drug-likeness (QED) is 0.573. The lowest BCUT2D eigenvalue weighted by Gasteiger charge is -2.28. The fourth-order valence-corrected chi connectivity index (χ4v) is 4.87. The highest BCUT2D eigenvalue weighted by molar-refractivity contribution is 5.78. The van der Waals surface area contributed by atoms with E-state index in [9.17, 15) is 14.4 Å². The zero-order valence-electron chi connectivity index (χ0n) is 15.8. The van der Waals surface area contributed by atoms with Crippen molar-refractivity contribution in [1.82, 2.24) is 30.7 Å². The van der Waals surface area contributed by atoms with Gasteiger partial charge in [0, 0.05) is 39.3 Å². The van der Waals surface area contributed by atoms with Gasteiger partial charge in [0.05, 0.1) is 18.1 Å². The molecule has 0 aromatic rings. The second-order valence-electron chi connectivity index (χ2n) is 8.03. The van der Waals surface area contributed by atoms with E-state index in [0.717, 1.165) is 38.5 Å². The van der Waals surface area contributed by atoms with Gasteiger partial charge in [-0.2, -0.15) is 0 Å². The van der Waals surface area contributed by atoms with Gasteiger partial charge in [-0.25, -0.2) is 14.4 Å². The molecule has 0 aromatic carbocycles. The predicted molar refractivity (Wildman–Crippen MR) is 99.4 cm³/mol. The molecule has 9 heteroatoms. The van der Waals surface area contributed by atoms with E-state index in [4.69, 9.17) is 0 Å². The van der Waals surface area contributed by atoms with Crippen LogP contribution >= 0.6 is 0 Å². The summed E-state index contributed by atoms with van der Waals surface area (Å²) in [5.41, 5.74) is 0. The van der Waals surface area contributed by atoms with E-state index < -0.39 is 0 Å². The number of hydrogen-bond acceptors (Lipinski definition) is 3. The topological polar surface area (TPSA) is 97.0 Å². The number of carbonyl (C=O) groups excluding carboxylic acids is 3. The zero-order valence-corrected chi connectivity index (χ0v) is 15.8. The van der Waals surface area contributed by atoms with E-state index in [1.807, 2.05) is 14.7 Å². The summed E-state index contributed by atoms with van der Waals surface area (Å²) in [7, 11) is 0. The van der Waals surface area contributed by atoms with Crippen LogP contribution in [0.2, 0.25) is 0 Å². The van der Waals surface area contributed by atoms with Crippen molar-refractivity contribution in [2.45, 2.75) is 56.7 Å². The molecule has 27 heavy (non-hydrogen) atoms. The summed E-state index contributed by atoms with van der Waals surface area (Å²) in [5.74, 6) is 0. The van der Waals surface area contributed by atoms with Crippen LogP contribution in [0.4, 0.5) is 14.4 Å². The van der Waals surface area contributed by atoms with Crippen molar-refractivity contribution in [1.29, 1.82) is 0 Å². The number of fused-ring (bicyclic) bond motifs is 3. The highest BCUT2D eigenvalue weighted by Gasteiger charge is 2.35. The Bertz CT molecular complexity index is 519. The Morgan fingerprint density at radius 2 is 0.852 bits per heavy atom. The molecule has 4 heterocycles. The van der Waals surface area contributed by atoms with E-state index in [2.05, 4.69) is 16.0 Å². The third-order valence-corrected chi connectivity index (χ3v) is 6.38. The molecule has 4 aliphatic rings. The molecular formula is C18H30N6O3. The molecule has 6 amide bonds. The van der Waals surface area contributed by atoms with Gasteiger partial charge in [0.25, 0.3) is 0 Å². The highest BCUT2D eigenvalue weighted by Crippen LogP contribution is 2.21. The lowest BCUT2D eigenvalue weighted by atomic mass is 10.2. The van der Waals surface area contributed by atoms with Gasteiger partial charge in [-0.05, 0) is 38.5 Å². The number of nitrogens with one attached hydrogen (secondary N) is 3. The molecule has 4 aliphatic heterocycles. The van der Waals surface area contributed by atoms with Crippen molar-refractivity contribution in [3.63, 3.8) is 0 Å². The van der Waals surface area contributed by atoms with E-state index in [-0.39, 0.29) is 36.2 Å². The van der Waals surface area contributed by atoms with Gasteiger partial charge in [-0.1, -0.05) is 0 Å². The van der Waals surface area contributed by atoms with Gasteiger partial charge in [-0.15, -0.1) is 0 Å². The van der Waals surface area contributed by atoms with Crippen LogP contribution in [0.15, 0.2) is 0 Å². The van der Waals surface area contributed by atoms with Crippen molar-refractivity contribution >= 4 is 18.1 Å². The summed E-state index contributed by atoms with van der Waals surface area (Å²) in [6, 6.07) is -0.146. The first-order valence-corrected chi connectivity index (χ1v) is 10.3. The van der Waals surface area contributed by atoms with Crippen LogP contribution in [0.3, 0.4) is 0 Å². The molecule has 9 nitrogen and oxygen atoms in total. The Labute approximate surface area is 159 Å². The van der Waals surface area contributed by atoms with Gasteiger partial charge in [0.15, 0.2) is 0 Å². The van der Waals surface area contributed by atoms with Crippen LogP contribution in [0.25, 0.3) is 0 Å². The molecule has 4 rings (SSSR count). The summed E-state index contributed by atoms with van der Waals surface area (Å²) in [6.45, 7) is 3.60. The molecule has 3 N–H and O–H groups in total. The third kappa shape index (κ3) is 3.77. The summed E-state index contributed by atoms with van der Waals surface area (Å²) in [4.78, 5) is 43.4. The Balaban J connectivity index is 1.51.